The fourth-order valence-corrected chi connectivity index (χ4v) is 2.70. The zero-order chi connectivity index (χ0) is 18.2. The lowest BCUT2D eigenvalue weighted by Gasteiger charge is -2.29. The van der Waals surface area contributed by atoms with E-state index in [0.29, 0.717) is 12.3 Å². The molecule has 0 atom stereocenters. The quantitative estimate of drug-likeness (QED) is 0.707. The maximum absolute atomic E-state index is 11.9. The molecule has 1 aliphatic rings. The molecule has 1 aromatic rings. The molecule has 2 rings (SSSR count). The van der Waals surface area contributed by atoms with E-state index in [9.17, 15) is 14.4 Å². The third-order valence-corrected chi connectivity index (χ3v) is 3.79. The van der Waals surface area contributed by atoms with E-state index in [1.807, 2.05) is 12.1 Å². The number of ether oxygens (including phenoxy) is 1. The summed E-state index contributed by atoms with van der Waals surface area (Å²) in [5.74, 6) is 0.0218. The van der Waals surface area contributed by atoms with Crippen LogP contribution in [0.15, 0.2) is 18.2 Å². The smallest absolute Gasteiger partial charge is 0.407 e. The van der Waals surface area contributed by atoms with Crippen molar-refractivity contribution in [2.24, 2.45) is 0 Å². The molecule has 3 N–H and O–H groups in total. The molecule has 136 valence electrons. The van der Waals surface area contributed by atoms with Crippen molar-refractivity contribution < 1.29 is 19.1 Å². The number of rotatable bonds is 5. The van der Waals surface area contributed by atoms with Gasteiger partial charge in [-0.05, 0) is 43.5 Å². The predicted octanol–water partition coefficient (Wildman–Crippen LogP) is 1.85. The number of carbonyl (C=O) groups excluding carboxylic acids is 3. The van der Waals surface area contributed by atoms with Gasteiger partial charge in [0.25, 0.3) is 0 Å². The van der Waals surface area contributed by atoms with Crippen LogP contribution >= 0.6 is 0 Å². The molecule has 0 radical (unpaired) electrons. The zero-order valence-electron chi connectivity index (χ0n) is 14.6. The van der Waals surface area contributed by atoms with E-state index in [1.54, 1.807) is 24.8 Å². The fraction of sp³-hybridized carbons (Fsp3) is 0.471. The first-order valence-electron chi connectivity index (χ1n) is 8.37. The zero-order valence-corrected chi connectivity index (χ0v) is 14.6. The van der Waals surface area contributed by atoms with Gasteiger partial charge in [0, 0.05) is 37.9 Å². The molecule has 0 aromatic heterocycles. The molecule has 1 heterocycles. The number of fused-ring (bicyclic) bond motifs is 1. The lowest BCUT2D eigenvalue weighted by molar-refractivity contribution is -0.116. The Kier molecular flexibility index (Phi) is 6.62. The minimum atomic E-state index is -0.505. The number of hydrogen-bond donors (Lipinski definition) is 3. The first-order chi connectivity index (χ1) is 12.0. The second-order valence-corrected chi connectivity index (χ2v) is 5.65. The number of aryl methyl sites for hydroxylation is 1. The Hall–Kier alpha value is -2.77. The average Bonchev–Trinajstić information content (AvgIpc) is 2.58. The fourth-order valence-electron chi connectivity index (χ4n) is 2.70. The van der Waals surface area contributed by atoms with Crippen molar-refractivity contribution in [3.63, 3.8) is 0 Å². The third kappa shape index (κ3) is 5.37. The van der Waals surface area contributed by atoms with Gasteiger partial charge in [-0.3, -0.25) is 4.79 Å². The van der Waals surface area contributed by atoms with Gasteiger partial charge in [0.1, 0.15) is 0 Å². The molecule has 0 saturated carbocycles. The minimum absolute atomic E-state index is 0.0218. The molecule has 0 saturated heterocycles. The lowest BCUT2D eigenvalue weighted by atomic mass is 10.0. The van der Waals surface area contributed by atoms with Gasteiger partial charge in [-0.15, -0.1) is 0 Å². The first kappa shape index (κ1) is 18.6. The van der Waals surface area contributed by atoms with Gasteiger partial charge in [0.05, 0.1) is 6.61 Å². The van der Waals surface area contributed by atoms with E-state index in [2.05, 4.69) is 16.0 Å². The summed E-state index contributed by atoms with van der Waals surface area (Å²) in [4.78, 5) is 36.4. The van der Waals surface area contributed by atoms with Crippen molar-refractivity contribution in [1.82, 2.24) is 10.6 Å². The molecule has 8 heteroatoms. The highest BCUT2D eigenvalue weighted by Gasteiger charge is 2.20. The Bertz CT molecular complexity index is 648. The molecular formula is C17H24N4O4. The molecule has 0 bridgehead atoms. The largest absolute Gasteiger partial charge is 0.450 e. The van der Waals surface area contributed by atoms with Gasteiger partial charge < -0.3 is 25.6 Å². The Morgan fingerprint density at radius 1 is 1.20 bits per heavy atom. The topological polar surface area (TPSA) is 99.8 Å². The molecule has 1 aromatic carbocycles. The molecule has 4 amide bonds. The highest BCUT2D eigenvalue weighted by Crippen LogP contribution is 2.29. The summed E-state index contributed by atoms with van der Waals surface area (Å²) in [7, 11) is 0. The van der Waals surface area contributed by atoms with Crippen LogP contribution in [0.3, 0.4) is 0 Å². The van der Waals surface area contributed by atoms with Crippen LogP contribution in [0.2, 0.25) is 0 Å². The van der Waals surface area contributed by atoms with Crippen LogP contribution in [0, 0.1) is 0 Å². The van der Waals surface area contributed by atoms with Crippen LogP contribution in [0.5, 0.6) is 0 Å². The van der Waals surface area contributed by atoms with E-state index < -0.39 is 6.09 Å². The average molecular weight is 348 g/mol. The first-order valence-corrected chi connectivity index (χ1v) is 8.37. The summed E-state index contributed by atoms with van der Waals surface area (Å²) in [6.45, 7) is 4.87. The molecule has 1 aliphatic heterocycles. The van der Waals surface area contributed by atoms with Gasteiger partial charge in [0.15, 0.2) is 0 Å². The Balaban J connectivity index is 1.83. The Labute approximate surface area is 146 Å². The summed E-state index contributed by atoms with van der Waals surface area (Å²) in [6.07, 6.45) is 1.27. The van der Waals surface area contributed by atoms with Gasteiger partial charge in [-0.1, -0.05) is 0 Å². The van der Waals surface area contributed by atoms with Crippen molar-refractivity contribution in [2.75, 3.05) is 36.5 Å². The number of nitrogens with zero attached hydrogens (tertiary/aromatic N) is 1. The standard InChI is InChI=1S/C17H24N4O4/c1-3-25-17(24)19-9-8-18-16(23)20-14-6-7-15-13(11-14)5-4-10-21(15)12(2)22/h6-7,11H,3-5,8-10H2,1-2H3,(H,19,24)(H2,18,20,23). The second-order valence-electron chi connectivity index (χ2n) is 5.65. The number of carbonyl (C=O) groups is 3. The van der Waals surface area contributed by atoms with E-state index in [0.717, 1.165) is 30.6 Å². The highest BCUT2D eigenvalue weighted by molar-refractivity contribution is 5.94. The third-order valence-electron chi connectivity index (χ3n) is 3.79. The molecular weight excluding hydrogens is 324 g/mol. The maximum Gasteiger partial charge on any atom is 0.407 e. The van der Waals surface area contributed by atoms with Gasteiger partial charge >= 0.3 is 12.1 Å². The number of urea groups is 1. The SMILES string of the molecule is CCOC(=O)NCCNC(=O)Nc1ccc2c(c1)CCCN2C(C)=O. The molecule has 0 fully saturated rings. The number of anilines is 2. The summed E-state index contributed by atoms with van der Waals surface area (Å²) in [6, 6.07) is 5.16. The number of amides is 4. The Morgan fingerprint density at radius 3 is 2.68 bits per heavy atom. The van der Waals surface area contributed by atoms with E-state index in [1.165, 1.54) is 0 Å². The molecule has 0 spiro atoms. The lowest BCUT2D eigenvalue weighted by Crippen LogP contribution is -2.37. The summed E-state index contributed by atoms with van der Waals surface area (Å²) in [5.41, 5.74) is 2.62. The van der Waals surface area contributed by atoms with Crippen LogP contribution in [-0.2, 0) is 16.0 Å². The summed E-state index contributed by atoms with van der Waals surface area (Å²) in [5, 5.41) is 7.92. The maximum atomic E-state index is 11.9. The monoisotopic (exact) mass is 348 g/mol. The van der Waals surface area contributed by atoms with Gasteiger partial charge in [-0.2, -0.15) is 0 Å². The number of benzene rings is 1. The summed E-state index contributed by atoms with van der Waals surface area (Å²) < 4.78 is 4.72. The number of alkyl carbamates (subject to hydrolysis) is 1. The highest BCUT2D eigenvalue weighted by atomic mass is 16.5. The predicted molar refractivity (Wildman–Crippen MR) is 94.8 cm³/mol. The van der Waals surface area contributed by atoms with Gasteiger partial charge in [0.2, 0.25) is 5.91 Å². The molecule has 0 aliphatic carbocycles. The van der Waals surface area contributed by atoms with Crippen LogP contribution in [-0.4, -0.2) is 44.3 Å². The van der Waals surface area contributed by atoms with E-state index in [-0.39, 0.29) is 25.0 Å². The summed E-state index contributed by atoms with van der Waals surface area (Å²) >= 11 is 0. The van der Waals surface area contributed by atoms with Crippen molar-refractivity contribution in [1.29, 1.82) is 0 Å². The van der Waals surface area contributed by atoms with Gasteiger partial charge in [-0.25, -0.2) is 9.59 Å². The van der Waals surface area contributed by atoms with E-state index in [4.69, 9.17) is 4.74 Å². The van der Waals surface area contributed by atoms with Crippen LogP contribution in [0.4, 0.5) is 21.0 Å². The van der Waals surface area contributed by atoms with Crippen LogP contribution in [0.25, 0.3) is 0 Å². The molecule has 8 nitrogen and oxygen atoms in total. The normalized spacial score (nSPS) is 12.8. The second kappa shape index (κ2) is 8.91. The Morgan fingerprint density at radius 2 is 1.96 bits per heavy atom. The van der Waals surface area contributed by atoms with Crippen molar-refractivity contribution >= 4 is 29.4 Å². The van der Waals surface area contributed by atoms with Crippen molar-refractivity contribution in [2.45, 2.75) is 26.7 Å². The number of nitrogens with one attached hydrogen (secondary N) is 3. The number of hydrogen-bond acceptors (Lipinski definition) is 4. The minimum Gasteiger partial charge on any atom is -0.450 e. The molecule has 25 heavy (non-hydrogen) atoms. The van der Waals surface area contributed by atoms with Crippen LogP contribution in [0.1, 0.15) is 25.8 Å². The van der Waals surface area contributed by atoms with Crippen LogP contribution < -0.4 is 20.9 Å². The van der Waals surface area contributed by atoms with Crippen molar-refractivity contribution in [3.05, 3.63) is 23.8 Å². The van der Waals surface area contributed by atoms with E-state index >= 15 is 0 Å². The van der Waals surface area contributed by atoms with Crippen molar-refractivity contribution in [3.8, 4) is 0 Å². The molecule has 0 unspecified atom stereocenters.